The minimum Gasteiger partial charge on any atom is -0.480 e. The van der Waals surface area contributed by atoms with Crippen LogP contribution in [-0.2, 0) is 90.9 Å². The summed E-state index contributed by atoms with van der Waals surface area (Å²) in [5.41, 5.74) is 78.8. The first-order valence-electron chi connectivity index (χ1n) is 46.5. The number of nitrogens with one attached hydrogen (secondary N) is 2. The smallest absolute Gasteiger partial charge is 0.321 e. The van der Waals surface area contributed by atoms with E-state index in [0.717, 1.165) is 129 Å². The van der Waals surface area contributed by atoms with Crippen molar-refractivity contribution in [1.29, 1.82) is 0 Å². The van der Waals surface area contributed by atoms with E-state index >= 15 is 0 Å². The molecule has 148 heavy (non-hydrogen) atoms. The highest BCUT2D eigenvalue weighted by atomic mass is 32.2. The van der Waals surface area contributed by atoms with E-state index in [1.165, 1.54) is 18.7 Å². The van der Waals surface area contributed by atoms with Gasteiger partial charge >= 0.3 is 65.7 Å². The molecule has 12 unspecified atom stereocenters. The van der Waals surface area contributed by atoms with Gasteiger partial charge in [-0.1, -0.05) is 135 Å². The van der Waals surface area contributed by atoms with E-state index in [9.17, 15) is 76.7 Å². The average molecular weight is 2180 g/mol. The highest BCUT2D eigenvalue weighted by Crippen LogP contribution is 2.13. The second kappa shape index (κ2) is 110. The van der Waals surface area contributed by atoms with Crippen LogP contribution in [0.15, 0.2) is 134 Å². The molecule has 0 bridgehead atoms. The van der Waals surface area contributed by atoms with Gasteiger partial charge in [0.2, 0.25) is 5.91 Å². The fourth-order valence-corrected chi connectivity index (χ4v) is 11.1. The lowest BCUT2D eigenvalue weighted by Crippen LogP contribution is -2.40. The van der Waals surface area contributed by atoms with Crippen molar-refractivity contribution in [2.24, 2.45) is 74.5 Å². The lowest BCUT2D eigenvalue weighted by atomic mass is 10.0. The van der Waals surface area contributed by atoms with Crippen LogP contribution in [0.1, 0.15) is 225 Å². The molecule has 39 N–H and O–H groups in total. The quantitative estimate of drug-likeness (QED) is 0.0164. The lowest BCUT2D eigenvalue weighted by Gasteiger charge is -2.07. The second-order valence-corrected chi connectivity index (χ2v) is 37.9. The zero-order chi connectivity index (χ0) is 117. The van der Waals surface area contributed by atoms with Gasteiger partial charge in [0.1, 0.15) is 95.6 Å². The normalized spacial score (nSPS) is 12.3. The Morgan fingerprint density at radius 2 is 0.574 bits per heavy atom. The number of carboxylic acid groups (broad SMARTS) is 11. The monoisotopic (exact) mass is 2170 g/mol. The van der Waals surface area contributed by atoms with Gasteiger partial charge in [0.05, 0.1) is 32.8 Å². The third-order valence-electron chi connectivity index (χ3n) is 16.4. The molecule has 0 aromatic carbocycles. The number of amides is 1. The van der Waals surface area contributed by atoms with Gasteiger partial charge in [-0.25, -0.2) is 0 Å². The van der Waals surface area contributed by atoms with Crippen molar-refractivity contribution >= 4 is 130 Å². The molecular weight excluding hydrogens is 1990 g/mol. The maximum Gasteiger partial charge on any atom is 0.321 e. The van der Waals surface area contributed by atoms with Gasteiger partial charge in [0.15, 0.2) is 0 Å². The topological polar surface area (TPSA) is 886 Å². The van der Waals surface area contributed by atoms with Gasteiger partial charge < -0.3 is 156 Å². The summed E-state index contributed by atoms with van der Waals surface area (Å²) in [6.07, 6.45) is 9.04. The first-order chi connectivity index (χ1) is 67.6. The molecule has 0 aromatic rings. The largest absolute Gasteiger partial charge is 0.480 e. The maximum absolute atomic E-state index is 11.2. The number of allylic oxidation sites excluding steroid dienone is 3. The molecule has 1 amide bonds. The number of rotatable bonds is 72. The fourth-order valence-electron chi connectivity index (χ4n) is 8.50. The molecule has 860 valence electrons. The van der Waals surface area contributed by atoms with Crippen molar-refractivity contribution in [2.45, 2.75) is 298 Å². The molecule has 48 heteroatoms. The predicted molar refractivity (Wildman–Crippen MR) is 591 cm³/mol. The third-order valence-corrected chi connectivity index (χ3v) is 20.2. The summed E-state index contributed by atoms with van der Waals surface area (Å²) in [7, 11) is 0. The van der Waals surface area contributed by atoms with E-state index in [-0.39, 0.29) is 69.3 Å². The SMILES string of the molecule is C.C=C(C)CC(=O)CC(N)C(=O)O.C=C(C)CC(=O)CCCC(N)C(=O)O.C=C(C)CCCC(N)C(=O)O.C=C(C)CNCCC(N)C(=O)O.C=C(C)CNCCCC(N)C(=O)O.C=C(C)COCC(N)C(N)=O.C=C(C)COCCC(N)C(=O)O.C=C(C)COCCCC(N)C(=O)O.C=C(C)CSCC(N)C(=O)O.C=C(C)CSCCC(N)C(=O)O.C=C(C)CSCCCC(N)C(=O)O.CC(=O)CC(=O)CCC(N)C(=O)O. The van der Waals surface area contributed by atoms with Crippen LogP contribution >= 0.6 is 35.3 Å². The summed E-state index contributed by atoms with van der Waals surface area (Å²) >= 11 is 4.92. The van der Waals surface area contributed by atoms with E-state index in [4.69, 9.17) is 145 Å². The Morgan fingerprint density at radius 3 is 0.926 bits per heavy atom. The molecule has 0 heterocycles. The van der Waals surface area contributed by atoms with E-state index < -0.39 is 144 Å². The molecule has 0 saturated heterocycles. The minimum atomic E-state index is -1.15. The summed E-state index contributed by atoms with van der Waals surface area (Å²) < 4.78 is 15.2. The van der Waals surface area contributed by atoms with Crippen molar-refractivity contribution in [3.05, 3.63) is 134 Å². The van der Waals surface area contributed by atoms with Crippen LogP contribution in [0.3, 0.4) is 0 Å². The van der Waals surface area contributed by atoms with Crippen LogP contribution in [0.25, 0.3) is 0 Å². The second-order valence-electron chi connectivity index (χ2n) is 34.7. The molecule has 45 nitrogen and oxygen atoms in total. The number of hydrogen-bond acceptors (Lipinski definition) is 36. The number of hydrogen-bond donors (Lipinski definition) is 26. The molecule has 0 radical (unpaired) electrons. The Labute approximate surface area is 889 Å². The van der Waals surface area contributed by atoms with E-state index in [1.54, 1.807) is 37.4 Å². The number of thioether (sulfide) groups is 3. The Balaban J connectivity index is -0.000000122. The molecule has 0 rings (SSSR count). The van der Waals surface area contributed by atoms with Crippen LogP contribution < -0.4 is 85.2 Å². The molecule has 0 aliphatic heterocycles. The minimum absolute atomic E-state index is 0. The number of carboxylic acids is 11. The number of carbonyl (C=O) groups excluding carboxylic acids is 5. The van der Waals surface area contributed by atoms with Crippen molar-refractivity contribution in [2.75, 3.05) is 100 Å². The van der Waals surface area contributed by atoms with Crippen LogP contribution in [0, 0.1) is 0 Å². The number of ether oxygens (including phenoxy) is 3. The lowest BCUT2D eigenvalue weighted by molar-refractivity contribution is -0.140. The highest BCUT2D eigenvalue weighted by Gasteiger charge is 2.20. The van der Waals surface area contributed by atoms with Gasteiger partial charge in [-0.15, -0.1) is 6.58 Å². The van der Waals surface area contributed by atoms with Crippen molar-refractivity contribution in [3.63, 3.8) is 0 Å². The Kier molecular flexibility index (Phi) is 123. The van der Waals surface area contributed by atoms with Crippen molar-refractivity contribution in [1.82, 2.24) is 10.6 Å². The maximum atomic E-state index is 11.2. The number of aliphatic carboxylic acids is 11. The highest BCUT2D eigenvalue weighted by molar-refractivity contribution is 7.99. The molecule has 0 aliphatic rings. The molecular formula is C100H187N15O30S3. The van der Waals surface area contributed by atoms with Gasteiger partial charge in [-0.3, -0.25) is 76.7 Å². The van der Waals surface area contributed by atoms with Gasteiger partial charge in [-0.2, -0.15) is 35.3 Å². The number of primary amides is 1. The standard InChI is InChI=1S/C10H17NO3.C9H18N2O2.C9H17NO3.C9H17NO2S.C8H16N2O2.C8H13NO4.C8H13NO3.C8H15NO3.C8H15NO2S.C8H15NO2.C7H14N2O2.C7H13NO2S.CH4/c1-7(2)6-8(12)4-3-5-9(11)10(13)14;1-7(2)6-11-5-3-4-8(10)9(12)13;2*1-7(2)6-13-5-3-4-8(10)9(11)12;1-6(2)5-10-4-3-7(9)8(11)12;1-5(10)4-6(11)2-3-7(9)8(12)13;1-5(2)3-6(10)4-7(9)8(11)12;2*1-6(2)5-12-4-3-7(9)8(10)11;1-6(2)4-3-5-7(9)8(10)11;2*1-5(2)3-11-4-6(8)7(9)10;/h9H,1,3-6,11H2,2H3,(H,13,14);8,11H,1,3-6,10H2,2H3,(H,12,13);2*8H,1,3-6,10H2,2H3,(H,11,12);7,10H,1,3-5,9H2,2H3,(H,11,12);7H,2-4,9H2,1H3,(H,12,13);7H,1,3-4,9H2,2H3,(H,11,12);2*7H,1,3-5,9H2,2H3,(H,10,11);7H,1,3-5,9H2,2H3,(H,10,11);6H,1,3-4,8H2,2H3,(H2,9,10);6H,1,3-4,8H2,2H3,(H,9,10);1H4. The summed E-state index contributed by atoms with van der Waals surface area (Å²) in [5.74, 6) is -7.16. The van der Waals surface area contributed by atoms with Gasteiger partial charge in [-0.05, 0) is 204 Å². The molecule has 12 atom stereocenters. The third kappa shape index (κ3) is 151. The molecule has 0 spiro atoms. The van der Waals surface area contributed by atoms with E-state index in [0.29, 0.717) is 129 Å². The van der Waals surface area contributed by atoms with Gasteiger partial charge in [0.25, 0.3) is 0 Å². The zero-order valence-corrected chi connectivity index (χ0v) is 91.2. The van der Waals surface area contributed by atoms with Crippen LogP contribution in [-0.4, -0.2) is 324 Å². The fraction of sp³-hybridized carbons (Fsp3) is 0.620. The summed E-state index contributed by atoms with van der Waals surface area (Å²) in [5, 5.41) is 98.8. The van der Waals surface area contributed by atoms with Crippen LogP contribution in [0.5, 0.6) is 0 Å². The number of nitrogens with two attached hydrogens (primary N) is 13. The molecule has 0 fully saturated rings. The van der Waals surface area contributed by atoms with Crippen molar-refractivity contribution < 1.29 is 147 Å². The number of Topliss-reactive ketones (excluding diaryl/α,β-unsaturated/α-hetero) is 4. The average Bonchev–Trinajstić information content (AvgIpc) is 0.965. The van der Waals surface area contributed by atoms with Gasteiger partial charge in [0, 0.05) is 81.4 Å². The Morgan fingerprint density at radius 1 is 0.270 bits per heavy atom. The van der Waals surface area contributed by atoms with E-state index in [1.807, 2.05) is 62.3 Å². The predicted octanol–water partition coefficient (Wildman–Crippen LogP) is 7.07. The molecule has 0 saturated carbocycles. The summed E-state index contributed by atoms with van der Waals surface area (Å²) in [4.78, 5) is 167. The van der Waals surface area contributed by atoms with Crippen LogP contribution in [0.4, 0.5) is 0 Å². The number of ketones is 4. The van der Waals surface area contributed by atoms with E-state index in [2.05, 4.69) is 83.0 Å². The summed E-state index contributed by atoms with van der Waals surface area (Å²) in [6.45, 7) is 67.8. The van der Waals surface area contributed by atoms with Crippen molar-refractivity contribution in [3.8, 4) is 0 Å². The summed E-state index contributed by atoms with van der Waals surface area (Å²) in [6, 6.07) is -9.64. The first kappa shape index (κ1) is 166. The Hall–Kier alpha value is -10.2. The Bertz CT molecular complexity index is 3660. The van der Waals surface area contributed by atoms with Crippen LogP contribution in [0.2, 0.25) is 0 Å². The number of carbonyl (C=O) groups is 16. The first-order valence-corrected chi connectivity index (χ1v) is 50.0. The molecule has 0 aromatic heterocycles. The molecule has 0 aliphatic carbocycles. The zero-order valence-electron chi connectivity index (χ0n) is 88.8.